The number of benzene rings is 3. The van der Waals surface area contributed by atoms with Gasteiger partial charge >= 0.3 is 0 Å². The van der Waals surface area contributed by atoms with Gasteiger partial charge in [-0.15, -0.1) is 24.8 Å². The Kier molecular flexibility index (Phi) is 14.8. The molecule has 4 N–H and O–H groups in total. The minimum Gasteiger partial charge on any atom is -0.374 e. The molecule has 2 heterocycles. The Labute approximate surface area is 300 Å². The van der Waals surface area contributed by atoms with Gasteiger partial charge < -0.3 is 30.6 Å². The summed E-state index contributed by atoms with van der Waals surface area (Å²) in [5.74, 6) is -0.242. The molecule has 3 aromatic carbocycles. The lowest BCUT2D eigenvalue weighted by Crippen LogP contribution is -2.56. The number of amides is 3. The molecule has 0 bridgehead atoms. The van der Waals surface area contributed by atoms with Crippen molar-refractivity contribution < 1.29 is 19.1 Å². The van der Waals surface area contributed by atoms with Crippen LogP contribution in [0.4, 0.5) is 5.82 Å². The molecule has 1 unspecified atom stereocenters. The number of carbonyl (C=O) groups is 3. The summed E-state index contributed by atoms with van der Waals surface area (Å²) >= 11 is 0. The van der Waals surface area contributed by atoms with Crippen molar-refractivity contribution in [1.82, 2.24) is 19.8 Å². The molecule has 262 valence electrons. The lowest BCUT2D eigenvalue weighted by Gasteiger charge is -2.34. The number of nitrogens with zero attached hydrogens (tertiary/aromatic N) is 3. The molecule has 0 spiro atoms. The zero-order chi connectivity index (χ0) is 33.2. The summed E-state index contributed by atoms with van der Waals surface area (Å²) in [6, 6.07) is 27.9. The highest BCUT2D eigenvalue weighted by Gasteiger charge is 2.32. The van der Waals surface area contributed by atoms with Gasteiger partial charge in [-0.3, -0.25) is 14.4 Å². The fraction of sp³-hybridized carbons (Fsp3) is 0.351. The Morgan fingerprint density at radius 3 is 2.06 bits per heavy atom. The number of hydrogen-bond donors (Lipinski definition) is 3. The molecule has 3 amide bonds. The highest BCUT2D eigenvalue weighted by molar-refractivity contribution is 5.98. The molecule has 1 saturated heterocycles. The van der Waals surface area contributed by atoms with E-state index in [0.29, 0.717) is 19.0 Å². The van der Waals surface area contributed by atoms with Crippen molar-refractivity contribution >= 4 is 48.4 Å². The summed E-state index contributed by atoms with van der Waals surface area (Å²) in [5.41, 5.74) is 7.88. The molecular weight excluding hydrogens is 663 g/mol. The SMILES string of the molecule is CC(C)(N)C(=O)N[C@H](COCc1ccccc1)C(=O)Nc1cn(C(C(=O)N2CCC(Cc3ccccc3)CC2)c2ccccc2)cn1.Cl.Cl. The first-order valence-electron chi connectivity index (χ1n) is 16.1. The monoisotopic (exact) mass is 708 g/mol. The lowest BCUT2D eigenvalue weighted by molar-refractivity contribution is -0.135. The van der Waals surface area contributed by atoms with Crippen LogP contribution in [-0.2, 0) is 32.1 Å². The highest BCUT2D eigenvalue weighted by atomic mass is 35.5. The average Bonchev–Trinajstić information content (AvgIpc) is 3.53. The molecule has 0 aliphatic carbocycles. The van der Waals surface area contributed by atoms with Gasteiger partial charge in [0.15, 0.2) is 5.82 Å². The number of nitrogens with two attached hydrogens (primary N) is 1. The summed E-state index contributed by atoms with van der Waals surface area (Å²) in [4.78, 5) is 46.6. The number of carbonyl (C=O) groups excluding carboxylic acids is 3. The summed E-state index contributed by atoms with van der Waals surface area (Å²) in [6.07, 6.45) is 6.08. The molecule has 4 aromatic rings. The Morgan fingerprint density at radius 1 is 0.898 bits per heavy atom. The number of ether oxygens (including phenoxy) is 1. The van der Waals surface area contributed by atoms with Gasteiger partial charge in [-0.1, -0.05) is 91.0 Å². The van der Waals surface area contributed by atoms with E-state index >= 15 is 0 Å². The van der Waals surface area contributed by atoms with Crippen LogP contribution in [0.25, 0.3) is 0 Å². The molecule has 2 atom stereocenters. The summed E-state index contributed by atoms with van der Waals surface area (Å²) in [6.45, 7) is 4.69. The number of hydrogen-bond acceptors (Lipinski definition) is 6. The molecule has 1 aromatic heterocycles. The van der Waals surface area contributed by atoms with E-state index in [2.05, 4.69) is 39.9 Å². The van der Waals surface area contributed by atoms with Crippen LogP contribution in [0.1, 0.15) is 49.4 Å². The molecule has 1 fully saturated rings. The van der Waals surface area contributed by atoms with Crippen molar-refractivity contribution in [2.45, 2.75) is 57.3 Å². The van der Waals surface area contributed by atoms with Crippen molar-refractivity contribution in [2.24, 2.45) is 11.7 Å². The zero-order valence-electron chi connectivity index (χ0n) is 27.9. The predicted octanol–water partition coefficient (Wildman–Crippen LogP) is 5.17. The lowest BCUT2D eigenvalue weighted by atomic mass is 9.89. The van der Waals surface area contributed by atoms with Crippen LogP contribution < -0.4 is 16.4 Å². The smallest absolute Gasteiger partial charge is 0.250 e. The minimum absolute atomic E-state index is 0. The third-order valence-corrected chi connectivity index (χ3v) is 8.40. The van der Waals surface area contributed by atoms with Crippen LogP contribution in [0.2, 0.25) is 0 Å². The molecular formula is C37H46Cl2N6O4. The number of likely N-dealkylation sites (tertiary alicyclic amines) is 1. The third-order valence-electron chi connectivity index (χ3n) is 8.40. The number of aromatic nitrogens is 2. The maximum absolute atomic E-state index is 14.1. The molecule has 0 saturated carbocycles. The van der Waals surface area contributed by atoms with Gasteiger partial charge in [0.05, 0.1) is 25.1 Å². The first-order chi connectivity index (χ1) is 22.7. The first-order valence-corrected chi connectivity index (χ1v) is 16.1. The Hall–Kier alpha value is -4.22. The maximum atomic E-state index is 14.1. The number of imidazole rings is 1. The van der Waals surface area contributed by atoms with Gasteiger partial charge in [-0.2, -0.15) is 0 Å². The van der Waals surface area contributed by atoms with Crippen LogP contribution in [0.15, 0.2) is 104 Å². The highest BCUT2D eigenvalue weighted by Crippen LogP contribution is 2.27. The molecule has 12 heteroatoms. The molecule has 1 aliphatic rings. The van der Waals surface area contributed by atoms with Crippen molar-refractivity contribution in [3.8, 4) is 0 Å². The van der Waals surface area contributed by atoms with Crippen molar-refractivity contribution in [3.05, 3.63) is 120 Å². The Balaban J connectivity index is 0.00000325. The molecule has 49 heavy (non-hydrogen) atoms. The topological polar surface area (TPSA) is 132 Å². The van der Waals surface area contributed by atoms with Crippen LogP contribution in [0.3, 0.4) is 0 Å². The van der Waals surface area contributed by atoms with E-state index in [1.807, 2.05) is 71.6 Å². The molecule has 10 nitrogen and oxygen atoms in total. The van der Waals surface area contributed by atoms with Gasteiger partial charge in [0.2, 0.25) is 11.8 Å². The Bertz CT molecular complexity index is 1610. The molecule has 0 radical (unpaired) electrons. The second kappa shape index (κ2) is 18.5. The second-order valence-electron chi connectivity index (χ2n) is 12.7. The summed E-state index contributed by atoms with van der Waals surface area (Å²) in [5, 5.41) is 5.49. The van der Waals surface area contributed by atoms with Gasteiger partial charge in [-0.25, -0.2) is 4.98 Å². The Morgan fingerprint density at radius 2 is 1.47 bits per heavy atom. The molecule has 1 aliphatic heterocycles. The number of anilines is 1. The number of rotatable bonds is 13. The minimum atomic E-state index is -1.20. The van der Waals surface area contributed by atoms with Gasteiger partial charge in [0, 0.05) is 19.3 Å². The van der Waals surface area contributed by atoms with E-state index in [4.69, 9.17) is 10.5 Å². The van der Waals surface area contributed by atoms with E-state index in [9.17, 15) is 14.4 Å². The standard InChI is InChI=1S/C37H44N6O4.2ClH/c1-37(2,38)36(46)40-31(25-47-24-29-14-8-4-9-15-29)34(44)41-32-23-43(26-39-32)33(30-16-10-5-11-17-30)35(45)42-20-18-28(19-21-42)22-27-12-6-3-7-13-27;;/h3-17,23,26,28,31,33H,18-22,24-25,38H2,1-2H3,(H,40,46)(H,41,44);2*1H/t31-,33?;;/m1../s1. The van der Waals surface area contributed by atoms with E-state index < -0.39 is 29.4 Å². The van der Waals surface area contributed by atoms with Crippen molar-refractivity contribution in [2.75, 3.05) is 25.0 Å². The predicted molar refractivity (Wildman–Crippen MR) is 196 cm³/mol. The number of nitrogens with one attached hydrogen (secondary N) is 2. The van der Waals surface area contributed by atoms with E-state index in [1.54, 1.807) is 30.9 Å². The van der Waals surface area contributed by atoms with Crippen molar-refractivity contribution in [1.29, 1.82) is 0 Å². The van der Waals surface area contributed by atoms with Crippen molar-refractivity contribution in [3.63, 3.8) is 0 Å². The third kappa shape index (κ3) is 11.2. The first kappa shape index (κ1) is 39.2. The molecule has 5 rings (SSSR count). The normalized spacial score (nSPS) is 14.5. The van der Waals surface area contributed by atoms with Gasteiger partial charge in [-0.05, 0) is 55.7 Å². The van der Waals surface area contributed by atoms with Gasteiger partial charge in [0.25, 0.3) is 5.91 Å². The summed E-state index contributed by atoms with van der Waals surface area (Å²) < 4.78 is 7.53. The van der Waals surface area contributed by atoms with Crippen LogP contribution in [0, 0.1) is 5.92 Å². The van der Waals surface area contributed by atoms with Crippen LogP contribution in [-0.4, -0.2) is 63.4 Å². The fourth-order valence-electron chi connectivity index (χ4n) is 5.71. The maximum Gasteiger partial charge on any atom is 0.250 e. The summed E-state index contributed by atoms with van der Waals surface area (Å²) in [7, 11) is 0. The van der Waals surface area contributed by atoms with Crippen LogP contribution >= 0.6 is 24.8 Å². The van der Waals surface area contributed by atoms with Gasteiger partial charge in [0.1, 0.15) is 12.1 Å². The largest absolute Gasteiger partial charge is 0.374 e. The fourth-order valence-corrected chi connectivity index (χ4v) is 5.71. The number of piperidine rings is 1. The van der Waals surface area contributed by atoms with E-state index in [0.717, 1.165) is 30.4 Å². The van der Waals surface area contributed by atoms with E-state index in [1.165, 1.54) is 5.56 Å². The number of halogens is 2. The second-order valence-corrected chi connectivity index (χ2v) is 12.7. The van der Waals surface area contributed by atoms with E-state index in [-0.39, 0.29) is 49.8 Å². The average molecular weight is 710 g/mol. The quantitative estimate of drug-likeness (QED) is 0.176. The van der Waals surface area contributed by atoms with Crippen LogP contribution in [0.5, 0.6) is 0 Å². The zero-order valence-corrected chi connectivity index (χ0v) is 29.5.